The number of carbonyl (C=O) groups is 1. The van der Waals surface area contributed by atoms with Gasteiger partial charge in [-0.1, -0.05) is 102 Å². The summed E-state index contributed by atoms with van der Waals surface area (Å²) >= 11 is 1.44. The number of imidazole rings is 1. The molecule has 5 rings (SSSR count). The molecule has 2 aromatic heterocycles. The van der Waals surface area contributed by atoms with Crippen molar-refractivity contribution in [2.45, 2.75) is 19.3 Å². The summed E-state index contributed by atoms with van der Waals surface area (Å²) in [6, 6.07) is 31.1. The van der Waals surface area contributed by atoms with E-state index < -0.39 is 0 Å². The zero-order chi connectivity index (χ0) is 22.6. The number of thiazole rings is 1. The molecule has 5 aromatic rings. The minimum absolute atomic E-state index is 0.0378. The van der Waals surface area contributed by atoms with Gasteiger partial charge in [0.2, 0.25) is 0 Å². The second-order valence-corrected chi connectivity index (χ2v) is 9.06. The van der Waals surface area contributed by atoms with Gasteiger partial charge in [0.15, 0.2) is 4.96 Å². The second kappa shape index (κ2) is 9.43. The molecular weight excluding hydrogens is 426 g/mol. The average Bonchev–Trinajstić information content (AvgIpc) is 3.43. The summed E-state index contributed by atoms with van der Waals surface area (Å²) in [5.41, 5.74) is 5.44. The number of amides is 1. The first kappa shape index (κ1) is 21.2. The molecule has 164 valence electrons. The minimum Gasteiger partial charge on any atom is -0.351 e. The van der Waals surface area contributed by atoms with Crippen molar-refractivity contribution in [2.75, 3.05) is 6.54 Å². The van der Waals surface area contributed by atoms with Crippen LogP contribution in [0.15, 0.2) is 97.2 Å². The molecule has 0 bridgehead atoms. The molecule has 2 heterocycles. The molecule has 0 unspecified atom stereocenters. The van der Waals surface area contributed by atoms with Crippen LogP contribution in [0, 0.1) is 6.92 Å². The quantitative estimate of drug-likeness (QED) is 0.315. The molecule has 3 aromatic carbocycles. The first-order valence-corrected chi connectivity index (χ1v) is 11.9. The van der Waals surface area contributed by atoms with E-state index >= 15 is 0 Å². The van der Waals surface area contributed by atoms with Crippen LogP contribution in [0.4, 0.5) is 0 Å². The average molecular weight is 452 g/mol. The molecule has 4 nitrogen and oxygen atoms in total. The monoisotopic (exact) mass is 451 g/mol. The van der Waals surface area contributed by atoms with E-state index in [1.807, 2.05) is 60.0 Å². The van der Waals surface area contributed by atoms with Crippen LogP contribution in [0.2, 0.25) is 0 Å². The highest BCUT2D eigenvalue weighted by atomic mass is 32.1. The van der Waals surface area contributed by atoms with Crippen molar-refractivity contribution in [3.8, 4) is 11.3 Å². The molecule has 0 fully saturated rings. The van der Waals surface area contributed by atoms with Crippen molar-refractivity contribution in [3.63, 3.8) is 0 Å². The number of nitrogens with one attached hydrogen (secondary N) is 1. The number of benzene rings is 3. The Bertz CT molecular complexity index is 1320. The van der Waals surface area contributed by atoms with Crippen LogP contribution in [0.1, 0.15) is 38.8 Å². The van der Waals surface area contributed by atoms with Gasteiger partial charge in [0, 0.05) is 29.9 Å². The highest BCUT2D eigenvalue weighted by molar-refractivity contribution is 7.19. The molecule has 5 heteroatoms. The zero-order valence-electron chi connectivity index (χ0n) is 18.4. The third kappa shape index (κ3) is 4.45. The van der Waals surface area contributed by atoms with Crippen LogP contribution in [-0.2, 0) is 0 Å². The number of hydrogen-bond donors (Lipinski definition) is 1. The number of rotatable bonds is 7. The van der Waals surface area contributed by atoms with Crippen molar-refractivity contribution in [1.29, 1.82) is 0 Å². The first-order valence-electron chi connectivity index (χ1n) is 11.1. The summed E-state index contributed by atoms with van der Waals surface area (Å²) in [6.45, 7) is 2.58. The molecule has 1 amide bonds. The van der Waals surface area contributed by atoms with E-state index in [-0.39, 0.29) is 11.8 Å². The van der Waals surface area contributed by atoms with Crippen LogP contribution in [0.5, 0.6) is 0 Å². The Morgan fingerprint density at radius 2 is 1.48 bits per heavy atom. The Kier molecular flexibility index (Phi) is 6.05. The molecule has 0 aliphatic carbocycles. The molecule has 0 saturated heterocycles. The van der Waals surface area contributed by atoms with E-state index in [9.17, 15) is 4.79 Å². The lowest BCUT2D eigenvalue weighted by atomic mass is 9.88. The molecule has 0 spiro atoms. The van der Waals surface area contributed by atoms with Gasteiger partial charge in [-0.15, -0.1) is 0 Å². The number of hydrogen-bond acceptors (Lipinski definition) is 3. The van der Waals surface area contributed by atoms with Crippen molar-refractivity contribution < 1.29 is 4.79 Å². The van der Waals surface area contributed by atoms with E-state index in [4.69, 9.17) is 4.98 Å². The van der Waals surface area contributed by atoms with E-state index in [0.717, 1.165) is 28.3 Å². The zero-order valence-corrected chi connectivity index (χ0v) is 19.3. The van der Waals surface area contributed by atoms with Gasteiger partial charge >= 0.3 is 0 Å². The Morgan fingerprint density at radius 1 is 0.909 bits per heavy atom. The van der Waals surface area contributed by atoms with E-state index in [0.29, 0.717) is 11.4 Å². The Balaban J connectivity index is 1.30. The van der Waals surface area contributed by atoms with Crippen molar-refractivity contribution in [1.82, 2.24) is 14.7 Å². The van der Waals surface area contributed by atoms with Gasteiger partial charge in [0.1, 0.15) is 4.88 Å². The summed E-state index contributed by atoms with van der Waals surface area (Å²) in [5, 5.41) is 3.14. The summed E-state index contributed by atoms with van der Waals surface area (Å²) in [5.74, 6) is 0.201. The highest BCUT2D eigenvalue weighted by Crippen LogP contribution is 2.29. The molecular formula is C28H25N3OS. The van der Waals surface area contributed by atoms with Gasteiger partial charge in [-0.25, -0.2) is 4.98 Å². The van der Waals surface area contributed by atoms with Gasteiger partial charge in [-0.05, 0) is 24.5 Å². The van der Waals surface area contributed by atoms with Crippen LogP contribution >= 0.6 is 11.3 Å². The fraction of sp³-hybridized carbons (Fsp3) is 0.143. The third-order valence-electron chi connectivity index (χ3n) is 5.96. The maximum absolute atomic E-state index is 13.0. The van der Waals surface area contributed by atoms with Crippen LogP contribution in [0.25, 0.3) is 16.2 Å². The smallest absolute Gasteiger partial charge is 0.263 e. The summed E-state index contributed by atoms with van der Waals surface area (Å²) < 4.78 is 2.01. The van der Waals surface area contributed by atoms with Crippen LogP contribution in [-0.4, -0.2) is 21.8 Å². The van der Waals surface area contributed by atoms with Gasteiger partial charge in [-0.2, -0.15) is 0 Å². The Labute approximate surface area is 197 Å². The van der Waals surface area contributed by atoms with Gasteiger partial charge in [0.25, 0.3) is 5.91 Å². The number of aromatic nitrogens is 2. The lowest BCUT2D eigenvalue weighted by Gasteiger charge is -2.18. The number of nitrogens with zero attached hydrogens (tertiary/aromatic N) is 2. The summed E-state index contributed by atoms with van der Waals surface area (Å²) in [6.07, 6.45) is 2.84. The normalized spacial score (nSPS) is 11.2. The van der Waals surface area contributed by atoms with E-state index in [2.05, 4.69) is 53.8 Å². The third-order valence-corrected chi connectivity index (χ3v) is 7.11. The predicted molar refractivity (Wildman–Crippen MR) is 135 cm³/mol. The van der Waals surface area contributed by atoms with Gasteiger partial charge in [-0.3, -0.25) is 9.20 Å². The Hall–Kier alpha value is -3.70. The fourth-order valence-corrected chi connectivity index (χ4v) is 5.24. The first-order chi connectivity index (χ1) is 16.2. The maximum atomic E-state index is 13.0. The molecule has 1 N–H and O–H groups in total. The largest absolute Gasteiger partial charge is 0.351 e. The predicted octanol–water partition coefficient (Wildman–Crippen LogP) is 6.32. The summed E-state index contributed by atoms with van der Waals surface area (Å²) in [7, 11) is 0. The standard InChI is InChI=1S/C28H25N3OS/c1-20-26(33-28-30-25(19-31(20)28)23-15-9-4-10-16-23)27(32)29-18-17-24(21-11-5-2-6-12-21)22-13-7-3-8-14-22/h2-16,19,24H,17-18H2,1H3,(H,29,32). The molecule has 0 aliphatic heterocycles. The molecule has 0 atom stereocenters. The number of carbonyl (C=O) groups excluding carboxylic acids is 1. The number of fused-ring (bicyclic) bond motifs is 1. The summed E-state index contributed by atoms with van der Waals surface area (Å²) in [4.78, 5) is 19.3. The van der Waals surface area contributed by atoms with Gasteiger partial charge < -0.3 is 5.32 Å². The molecule has 0 saturated carbocycles. The SMILES string of the molecule is Cc1c(C(=O)NCCC(c2ccccc2)c2ccccc2)sc2nc(-c3ccccc3)cn12. The van der Waals surface area contributed by atoms with Crippen LogP contribution in [0.3, 0.4) is 0 Å². The molecule has 0 aliphatic rings. The number of aryl methyl sites for hydroxylation is 1. The fourth-order valence-electron chi connectivity index (χ4n) is 4.22. The Morgan fingerprint density at radius 3 is 2.06 bits per heavy atom. The second-order valence-electron chi connectivity index (χ2n) is 8.08. The van der Waals surface area contributed by atoms with Crippen LogP contribution < -0.4 is 5.32 Å². The van der Waals surface area contributed by atoms with E-state index in [1.165, 1.54) is 22.5 Å². The van der Waals surface area contributed by atoms with Crippen molar-refractivity contribution >= 4 is 22.2 Å². The molecule has 0 radical (unpaired) electrons. The maximum Gasteiger partial charge on any atom is 0.263 e. The topological polar surface area (TPSA) is 46.4 Å². The highest BCUT2D eigenvalue weighted by Gasteiger charge is 2.19. The lowest BCUT2D eigenvalue weighted by Crippen LogP contribution is -2.25. The van der Waals surface area contributed by atoms with Crippen molar-refractivity contribution in [3.05, 3.63) is 119 Å². The lowest BCUT2D eigenvalue weighted by molar-refractivity contribution is 0.0956. The van der Waals surface area contributed by atoms with Gasteiger partial charge in [0.05, 0.1) is 5.69 Å². The molecule has 33 heavy (non-hydrogen) atoms. The van der Waals surface area contributed by atoms with E-state index in [1.54, 1.807) is 0 Å². The minimum atomic E-state index is -0.0378. The van der Waals surface area contributed by atoms with Crippen molar-refractivity contribution in [2.24, 2.45) is 0 Å².